The van der Waals surface area contributed by atoms with Crippen molar-refractivity contribution in [3.05, 3.63) is 0 Å². The van der Waals surface area contributed by atoms with Crippen molar-refractivity contribution in [3.63, 3.8) is 0 Å². The maximum Gasteiger partial charge on any atom is 0.0535 e. The van der Waals surface area contributed by atoms with Crippen LogP contribution >= 0.6 is 0 Å². The molecule has 2 saturated heterocycles. The predicted molar refractivity (Wildman–Crippen MR) is 50.4 cm³/mol. The SMILES string of the molecule is C#CN1CC2CC1(C(C)C)C2C. The number of terminal acetylenes is 1. The van der Waals surface area contributed by atoms with Crippen molar-refractivity contribution in [1.82, 2.24) is 4.90 Å². The minimum Gasteiger partial charge on any atom is -0.326 e. The maximum atomic E-state index is 5.51. The van der Waals surface area contributed by atoms with Crippen LogP contribution in [0.1, 0.15) is 27.2 Å². The molecule has 12 heavy (non-hydrogen) atoms. The smallest absolute Gasteiger partial charge is 0.0535 e. The van der Waals surface area contributed by atoms with E-state index >= 15 is 0 Å². The highest BCUT2D eigenvalue weighted by atomic mass is 15.3. The minimum atomic E-state index is 0.361. The molecule has 2 bridgehead atoms. The lowest BCUT2D eigenvalue weighted by molar-refractivity contribution is 0.0238. The van der Waals surface area contributed by atoms with Crippen molar-refractivity contribution in [3.8, 4) is 12.5 Å². The van der Waals surface area contributed by atoms with Crippen LogP contribution in [0.25, 0.3) is 0 Å². The van der Waals surface area contributed by atoms with Gasteiger partial charge in [-0.15, -0.1) is 0 Å². The summed E-state index contributed by atoms with van der Waals surface area (Å²) < 4.78 is 0. The summed E-state index contributed by atoms with van der Waals surface area (Å²) in [5.41, 5.74) is 0.361. The Morgan fingerprint density at radius 1 is 1.58 bits per heavy atom. The van der Waals surface area contributed by atoms with E-state index in [0.29, 0.717) is 11.5 Å². The summed E-state index contributed by atoms with van der Waals surface area (Å²) in [7, 11) is 0. The van der Waals surface area contributed by atoms with Crippen LogP contribution in [0, 0.1) is 30.2 Å². The van der Waals surface area contributed by atoms with Gasteiger partial charge in [-0.25, -0.2) is 0 Å². The Kier molecular flexibility index (Phi) is 1.46. The molecule has 0 aromatic heterocycles. The summed E-state index contributed by atoms with van der Waals surface area (Å²) in [6.45, 7) is 8.08. The van der Waals surface area contributed by atoms with E-state index < -0.39 is 0 Å². The minimum absolute atomic E-state index is 0.361. The van der Waals surface area contributed by atoms with Gasteiger partial charge in [0.1, 0.15) is 0 Å². The van der Waals surface area contributed by atoms with Crippen LogP contribution in [0.4, 0.5) is 0 Å². The third-order valence-corrected chi connectivity index (χ3v) is 4.16. The van der Waals surface area contributed by atoms with Gasteiger partial charge in [-0.2, -0.15) is 0 Å². The van der Waals surface area contributed by atoms with E-state index in [1.54, 1.807) is 0 Å². The second-order valence-electron chi connectivity index (χ2n) is 4.64. The van der Waals surface area contributed by atoms with E-state index in [1.807, 2.05) is 0 Å². The molecule has 1 nitrogen and oxygen atoms in total. The van der Waals surface area contributed by atoms with Gasteiger partial charge in [0.15, 0.2) is 0 Å². The van der Waals surface area contributed by atoms with Gasteiger partial charge in [0.2, 0.25) is 0 Å². The van der Waals surface area contributed by atoms with Crippen molar-refractivity contribution in [2.24, 2.45) is 17.8 Å². The van der Waals surface area contributed by atoms with E-state index in [-0.39, 0.29) is 0 Å². The van der Waals surface area contributed by atoms with Gasteiger partial charge in [-0.3, -0.25) is 0 Å². The first-order valence-corrected chi connectivity index (χ1v) is 4.86. The summed E-state index contributed by atoms with van der Waals surface area (Å²) in [5.74, 6) is 2.39. The number of nitrogens with zero attached hydrogens (tertiary/aromatic N) is 1. The first-order valence-electron chi connectivity index (χ1n) is 4.86. The third kappa shape index (κ3) is 0.625. The molecule has 2 heterocycles. The van der Waals surface area contributed by atoms with Gasteiger partial charge in [0.05, 0.1) is 5.54 Å². The van der Waals surface area contributed by atoms with Gasteiger partial charge in [0, 0.05) is 12.6 Å². The van der Waals surface area contributed by atoms with Crippen molar-refractivity contribution in [2.75, 3.05) is 6.54 Å². The van der Waals surface area contributed by atoms with Crippen LogP contribution in [0.15, 0.2) is 0 Å². The molecule has 3 unspecified atom stereocenters. The Morgan fingerprint density at radius 3 is 2.58 bits per heavy atom. The van der Waals surface area contributed by atoms with E-state index in [4.69, 9.17) is 6.42 Å². The van der Waals surface area contributed by atoms with E-state index in [2.05, 4.69) is 31.7 Å². The normalized spacial score (nSPS) is 44.4. The first kappa shape index (κ1) is 7.98. The van der Waals surface area contributed by atoms with Crippen LogP contribution < -0.4 is 0 Å². The molecule has 3 fully saturated rings. The number of fused-ring (bicyclic) bond motifs is 1. The number of rotatable bonds is 1. The lowest BCUT2D eigenvalue weighted by atomic mass is 9.59. The van der Waals surface area contributed by atoms with Crippen LogP contribution in [0.3, 0.4) is 0 Å². The van der Waals surface area contributed by atoms with E-state index in [1.165, 1.54) is 6.42 Å². The fraction of sp³-hybridized carbons (Fsp3) is 0.818. The summed E-state index contributed by atoms with van der Waals surface area (Å²) >= 11 is 0. The lowest BCUT2D eigenvalue weighted by Gasteiger charge is -2.50. The molecule has 2 aliphatic heterocycles. The Hall–Kier alpha value is -0.640. The molecule has 0 N–H and O–H groups in total. The fourth-order valence-electron chi connectivity index (χ4n) is 3.26. The zero-order valence-corrected chi connectivity index (χ0v) is 8.17. The van der Waals surface area contributed by atoms with Crippen molar-refractivity contribution in [1.29, 1.82) is 0 Å². The van der Waals surface area contributed by atoms with Crippen LogP contribution in [-0.4, -0.2) is 17.0 Å². The van der Waals surface area contributed by atoms with Crippen LogP contribution in [0.5, 0.6) is 0 Å². The van der Waals surface area contributed by atoms with Crippen molar-refractivity contribution in [2.45, 2.75) is 32.7 Å². The Morgan fingerprint density at radius 2 is 2.25 bits per heavy atom. The Balaban J connectivity index is 2.29. The Bertz CT molecular complexity index is 238. The highest BCUT2D eigenvalue weighted by molar-refractivity contribution is 5.20. The standard InChI is InChI=1S/C11H17N/c1-5-12-7-10-6-11(12,8(2)3)9(10)4/h1,8-10H,6-7H2,2-4H3. The van der Waals surface area contributed by atoms with Crippen LogP contribution in [-0.2, 0) is 0 Å². The second-order valence-corrected chi connectivity index (χ2v) is 4.64. The fourth-order valence-corrected chi connectivity index (χ4v) is 3.26. The highest BCUT2D eigenvalue weighted by Crippen LogP contribution is 2.58. The molecule has 0 spiro atoms. The van der Waals surface area contributed by atoms with Crippen molar-refractivity contribution < 1.29 is 0 Å². The first-order chi connectivity index (χ1) is 5.63. The quantitative estimate of drug-likeness (QED) is 0.534. The molecule has 0 aromatic carbocycles. The molecule has 0 amide bonds. The topological polar surface area (TPSA) is 3.24 Å². The number of hydrogen-bond acceptors (Lipinski definition) is 1. The molecular formula is C11H17N. The van der Waals surface area contributed by atoms with Gasteiger partial charge in [-0.05, 0) is 24.2 Å². The highest BCUT2D eigenvalue weighted by Gasteiger charge is 2.62. The summed E-state index contributed by atoms with van der Waals surface area (Å²) in [6.07, 6.45) is 6.84. The molecule has 0 radical (unpaired) electrons. The molecule has 3 aliphatic rings. The Labute approximate surface area is 75.1 Å². The van der Waals surface area contributed by atoms with E-state index in [9.17, 15) is 0 Å². The molecular weight excluding hydrogens is 146 g/mol. The molecule has 3 rings (SSSR count). The maximum absolute atomic E-state index is 5.51. The zero-order chi connectivity index (χ0) is 8.93. The second kappa shape index (κ2) is 2.19. The predicted octanol–water partition coefficient (Wildman–Crippen LogP) is 1.94. The van der Waals surface area contributed by atoms with Crippen molar-refractivity contribution >= 4 is 0 Å². The number of hydrogen-bond donors (Lipinski definition) is 0. The summed E-state index contributed by atoms with van der Waals surface area (Å²) in [5, 5.41) is 0. The average molecular weight is 163 g/mol. The lowest BCUT2D eigenvalue weighted by Crippen LogP contribution is -2.55. The molecule has 0 aromatic rings. The van der Waals surface area contributed by atoms with Gasteiger partial charge < -0.3 is 4.90 Å². The van der Waals surface area contributed by atoms with Gasteiger partial charge in [-0.1, -0.05) is 27.2 Å². The van der Waals surface area contributed by atoms with Gasteiger partial charge in [0.25, 0.3) is 0 Å². The average Bonchev–Trinajstić information content (AvgIpc) is 2.54. The zero-order valence-electron chi connectivity index (χ0n) is 8.17. The monoisotopic (exact) mass is 163 g/mol. The van der Waals surface area contributed by atoms with Gasteiger partial charge >= 0.3 is 0 Å². The molecule has 1 saturated carbocycles. The summed E-state index contributed by atoms with van der Waals surface area (Å²) in [6, 6.07) is 2.84. The molecule has 66 valence electrons. The summed E-state index contributed by atoms with van der Waals surface area (Å²) in [4.78, 5) is 2.24. The van der Waals surface area contributed by atoms with E-state index in [0.717, 1.165) is 18.4 Å². The molecule has 1 aliphatic carbocycles. The third-order valence-electron chi connectivity index (χ3n) is 4.16. The molecule has 3 atom stereocenters. The molecule has 1 heteroatoms. The largest absolute Gasteiger partial charge is 0.326 e. The van der Waals surface area contributed by atoms with Crippen LogP contribution in [0.2, 0.25) is 0 Å².